The Balaban J connectivity index is 1.27. The number of nitrogens with zero attached hydrogens (tertiary/aromatic N) is 2. The van der Waals surface area contributed by atoms with Crippen LogP contribution in [0.4, 0.5) is 4.39 Å². The van der Waals surface area contributed by atoms with E-state index in [4.69, 9.17) is 9.47 Å². The lowest BCUT2D eigenvalue weighted by molar-refractivity contribution is -0.139. The number of pyridine rings is 1. The molecule has 1 aliphatic rings. The highest BCUT2D eigenvalue weighted by molar-refractivity contribution is 5.94. The third-order valence-corrected chi connectivity index (χ3v) is 6.27. The van der Waals surface area contributed by atoms with Gasteiger partial charge in [0.25, 0.3) is 11.8 Å². The Bertz CT molecular complexity index is 1180. The molecule has 2 aromatic carbocycles. The molecule has 188 valence electrons. The lowest BCUT2D eigenvalue weighted by Crippen LogP contribution is -2.49. The predicted octanol–water partition coefficient (Wildman–Crippen LogP) is 5.11. The molecule has 0 radical (unpaired) electrons. The molecular weight excluding hydrogens is 461 g/mol. The minimum atomic E-state index is -0.532. The molecule has 0 aliphatic carbocycles. The van der Waals surface area contributed by atoms with E-state index in [0.29, 0.717) is 22.6 Å². The molecule has 0 saturated carbocycles. The normalized spacial score (nSPS) is 17.4. The number of likely N-dealkylation sites (tertiary alicyclic amines) is 1. The average molecular weight is 492 g/mol. The van der Waals surface area contributed by atoms with Crippen molar-refractivity contribution in [2.75, 3.05) is 6.61 Å². The number of amides is 2. The number of hydrogen-bond donors (Lipinski definition) is 1. The van der Waals surface area contributed by atoms with Crippen molar-refractivity contribution < 1.29 is 23.5 Å². The molecule has 2 unspecified atom stereocenters. The Morgan fingerprint density at radius 1 is 1.06 bits per heavy atom. The highest BCUT2D eigenvalue weighted by Crippen LogP contribution is 2.25. The molecule has 0 bridgehead atoms. The second-order valence-corrected chi connectivity index (χ2v) is 8.98. The Morgan fingerprint density at radius 2 is 1.81 bits per heavy atom. The first-order chi connectivity index (χ1) is 17.4. The molecule has 1 aliphatic heterocycles. The fourth-order valence-corrected chi connectivity index (χ4v) is 4.39. The summed E-state index contributed by atoms with van der Waals surface area (Å²) < 4.78 is 25.6. The number of piperidine rings is 1. The van der Waals surface area contributed by atoms with Crippen LogP contribution in [-0.4, -0.2) is 40.4 Å². The van der Waals surface area contributed by atoms with E-state index in [9.17, 15) is 14.0 Å². The lowest BCUT2D eigenvalue weighted by atomic mass is 9.97. The molecule has 2 amide bonds. The van der Waals surface area contributed by atoms with E-state index in [1.807, 2.05) is 4.90 Å². The van der Waals surface area contributed by atoms with Gasteiger partial charge in [-0.3, -0.25) is 14.6 Å². The molecule has 1 fully saturated rings. The van der Waals surface area contributed by atoms with Crippen molar-refractivity contribution >= 4 is 11.8 Å². The van der Waals surface area contributed by atoms with E-state index in [0.717, 1.165) is 19.3 Å². The summed E-state index contributed by atoms with van der Waals surface area (Å²) in [6.07, 6.45) is 6.26. The molecular formula is C28H30FN3O4. The number of hydrogen-bond acceptors (Lipinski definition) is 5. The zero-order valence-electron chi connectivity index (χ0n) is 20.4. The molecule has 8 heteroatoms. The van der Waals surface area contributed by atoms with Gasteiger partial charge in [-0.15, -0.1) is 0 Å². The van der Waals surface area contributed by atoms with E-state index >= 15 is 0 Å². The number of ether oxygens (including phenoxy) is 2. The van der Waals surface area contributed by atoms with Gasteiger partial charge in [0.1, 0.15) is 11.5 Å². The highest BCUT2D eigenvalue weighted by atomic mass is 19.1. The SMILES string of the molecule is CC1CCCC(C)N1C(=O)COc1ccc(C(=O)NCc2ccc(Oc3cccnc3)c(F)c2)cc1. The monoisotopic (exact) mass is 491 g/mol. The van der Waals surface area contributed by atoms with Gasteiger partial charge in [0.15, 0.2) is 18.2 Å². The fraction of sp³-hybridized carbons (Fsp3) is 0.321. The number of nitrogens with one attached hydrogen (secondary N) is 1. The molecule has 1 aromatic heterocycles. The van der Waals surface area contributed by atoms with Gasteiger partial charge >= 0.3 is 0 Å². The first-order valence-electron chi connectivity index (χ1n) is 12.1. The smallest absolute Gasteiger partial charge is 0.260 e. The number of halogens is 1. The second-order valence-electron chi connectivity index (χ2n) is 8.98. The molecule has 1 N–H and O–H groups in total. The summed E-state index contributed by atoms with van der Waals surface area (Å²) in [6, 6.07) is 14.9. The first-order valence-corrected chi connectivity index (χ1v) is 12.1. The number of rotatable bonds is 8. The predicted molar refractivity (Wildman–Crippen MR) is 133 cm³/mol. The molecule has 2 heterocycles. The Morgan fingerprint density at radius 3 is 2.47 bits per heavy atom. The van der Waals surface area contributed by atoms with Crippen LogP contribution in [-0.2, 0) is 11.3 Å². The van der Waals surface area contributed by atoms with Crippen molar-refractivity contribution in [2.24, 2.45) is 0 Å². The van der Waals surface area contributed by atoms with Gasteiger partial charge in [0, 0.05) is 30.4 Å². The van der Waals surface area contributed by atoms with Crippen molar-refractivity contribution in [3.05, 3.63) is 83.9 Å². The number of carbonyl (C=O) groups is 2. The molecule has 0 spiro atoms. The van der Waals surface area contributed by atoms with Crippen LogP contribution in [0.1, 0.15) is 49.0 Å². The molecule has 4 rings (SSSR count). The summed E-state index contributed by atoms with van der Waals surface area (Å²) in [4.78, 5) is 31.0. The quantitative estimate of drug-likeness (QED) is 0.474. The van der Waals surface area contributed by atoms with Crippen molar-refractivity contribution in [2.45, 2.75) is 51.7 Å². The van der Waals surface area contributed by atoms with Crippen molar-refractivity contribution in [1.29, 1.82) is 0 Å². The summed E-state index contributed by atoms with van der Waals surface area (Å²) in [5, 5.41) is 2.78. The van der Waals surface area contributed by atoms with Gasteiger partial charge in [-0.1, -0.05) is 6.07 Å². The summed E-state index contributed by atoms with van der Waals surface area (Å²) in [6.45, 7) is 4.26. The molecule has 2 atom stereocenters. The van der Waals surface area contributed by atoms with Gasteiger partial charge in [-0.2, -0.15) is 0 Å². The van der Waals surface area contributed by atoms with E-state index in [1.165, 1.54) is 18.3 Å². The van der Waals surface area contributed by atoms with Crippen LogP contribution in [0.5, 0.6) is 17.2 Å². The van der Waals surface area contributed by atoms with E-state index in [2.05, 4.69) is 24.1 Å². The van der Waals surface area contributed by atoms with Crippen molar-refractivity contribution in [1.82, 2.24) is 15.2 Å². The Kier molecular flexibility index (Phi) is 8.15. The minimum absolute atomic E-state index is 0.0272. The summed E-state index contributed by atoms with van der Waals surface area (Å²) in [5.41, 5.74) is 1.03. The first kappa shape index (κ1) is 25.2. The third-order valence-electron chi connectivity index (χ3n) is 6.27. The summed E-state index contributed by atoms with van der Waals surface area (Å²) in [7, 11) is 0. The third kappa shape index (κ3) is 6.38. The van der Waals surface area contributed by atoms with Crippen LogP contribution in [0.2, 0.25) is 0 Å². The largest absolute Gasteiger partial charge is 0.484 e. The number of aromatic nitrogens is 1. The van der Waals surface area contributed by atoms with E-state index < -0.39 is 5.82 Å². The van der Waals surface area contributed by atoms with Crippen LogP contribution in [0.25, 0.3) is 0 Å². The number of carbonyl (C=O) groups excluding carboxylic acids is 2. The maximum atomic E-state index is 14.4. The highest BCUT2D eigenvalue weighted by Gasteiger charge is 2.29. The topological polar surface area (TPSA) is 80.8 Å². The Labute approximate surface area is 210 Å². The maximum Gasteiger partial charge on any atom is 0.260 e. The average Bonchev–Trinajstić information content (AvgIpc) is 2.88. The standard InChI is InChI=1S/C28H30FN3O4/c1-19-5-3-6-20(2)32(19)27(33)18-35-23-11-9-22(10-12-23)28(34)31-16-21-8-13-26(25(29)15-21)36-24-7-4-14-30-17-24/h4,7-15,17,19-20H,3,5-6,16,18H2,1-2H3,(H,31,34). The number of benzene rings is 2. The van der Waals surface area contributed by atoms with Gasteiger partial charge in [0.2, 0.25) is 0 Å². The lowest BCUT2D eigenvalue weighted by Gasteiger charge is -2.38. The van der Waals surface area contributed by atoms with Crippen LogP contribution < -0.4 is 14.8 Å². The fourth-order valence-electron chi connectivity index (χ4n) is 4.39. The maximum absolute atomic E-state index is 14.4. The van der Waals surface area contributed by atoms with E-state index in [-0.39, 0.29) is 42.8 Å². The van der Waals surface area contributed by atoms with Crippen molar-refractivity contribution in [3.8, 4) is 17.2 Å². The second kappa shape index (κ2) is 11.7. The van der Waals surface area contributed by atoms with E-state index in [1.54, 1.807) is 48.7 Å². The molecule has 1 saturated heterocycles. The molecule has 3 aromatic rings. The van der Waals surface area contributed by atoms with Gasteiger partial charge in [-0.05, 0) is 87.2 Å². The Hall–Kier alpha value is -3.94. The van der Waals surface area contributed by atoms with Crippen LogP contribution in [0, 0.1) is 5.82 Å². The minimum Gasteiger partial charge on any atom is -0.484 e. The molecule has 7 nitrogen and oxygen atoms in total. The van der Waals surface area contributed by atoms with Gasteiger partial charge in [0.05, 0.1) is 6.20 Å². The van der Waals surface area contributed by atoms with Crippen LogP contribution in [0.15, 0.2) is 67.0 Å². The van der Waals surface area contributed by atoms with Crippen LogP contribution in [0.3, 0.4) is 0 Å². The van der Waals surface area contributed by atoms with Gasteiger partial charge < -0.3 is 19.7 Å². The van der Waals surface area contributed by atoms with Crippen molar-refractivity contribution in [3.63, 3.8) is 0 Å². The van der Waals surface area contributed by atoms with Crippen LogP contribution >= 0.6 is 0 Å². The zero-order valence-corrected chi connectivity index (χ0v) is 20.4. The summed E-state index contributed by atoms with van der Waals surface area (Å²) in [5.74, 6) is 0.171. The summed E-state index contributed by atoms with van der Waals surface area (Å²) >= 11 is 0. The molecule has 36 heavy (non-hydrogen) atoms. The van der Waals surface area contributed by atoms with Gasteiger partial charge in [-0.25, -0.2) is 4.39 Å². The zero-order chi connectivity index (χ0) is 25.5.